The topological polar surface area (TPSA) is 101 Å². The third-order valence-corrected chi connectivity index (χ3v) is 5.71. The molecule has 148 valence electrons. The van der Waals surface area contributed by atoms with E-state index in [2.05, 4.69) is 15.3 Å². The molecule has 1 saturated heterocycles. The molecule has 29 heavy (non-hydrogen) atoms. The summed E-state index contributed by atoms with van der Waals surface area (Å²) in [7, 11) is 0. The molecule has 1 aliphatic heterocycles. The summed E-state index contributed by atoms with van der Waals surface area (Å²) in [6.07, 6.45) is 5.48. The van der Waals surface area contributed by atoms with Gasteiger partial charge in [0.15, 0.2) is 0 Å². The average Bonchev–Trinajstić information content (AvgIpc) is 3.44. The number of amides is 1. The van der Waals surface area contributed by atoms with Crippen LogP contribution in [0.3, 0.4) is 0 Å². The third kappa shape index (κ3) is 4.24. The van der Waals surface area contributed by atoms with Gasteiger partial charge in [0.2, 0.25) is 0 Å². The standard InChI is InChI=1S/C20H19N5O3S/c26-19(22-12-16-13-29-20(23-16)15-4-3-7-21-11-15)14-5-6-17(18(10-14)25(27)28)24-8-1-2-9-24/h3-7,10-11,13H,1-2,8-9,12H2,(H,22,26). The van der Waals surface area contributed by atoms with Gasteiger partial charge in [-0.2, -0.15) is 0 Å². The molecular weight excluding hydrogens is 390 g/mol. The van der Waals surface area contributed by atoms with Crippen LogP contribution in [0, 0.1) is 10.1 Å². The molecule has 9 heteroatoms. The summed E-state index contributed by atoms with van der Waals surface area (Å²) in [5.74, 6) is -0.364. The van der Waals surface area contributed by atoms with E-state index in [1.165, 1.54) is 17.4 Å². The zero-order valence-corrected chi connectivity index (χ0v) is 16.4. The first-order valence-electron chi connectivity index (χ1n) is 9.28. The minimum Gasteiger partial charge on any atom is -0.366 e. The van der Waals surface area contributed by atoms with Crippen LogP contribution in [0.2, 0.25) is 0 Å². The van der Waals surface area contributed by atoms with Crippen molar-refractivity contribution in [1.29, 1.82) is 0 Å². The smallest absolute Gasteiger partial charge is 0.293 e. The zero-order chi connectivity index (χ0) is 20.2. The van der Waals surface area contributed by atoms with Crippen molar-refractivity contribution in [3.05, 3.63) is 69.5 Å². The SMILES string of the molecule is O=C(NCc1csc(-c2cccnc2)n1)c1ccc(N2CCCC2)c([N+](=O)[O-])c1. The number of nitrogens with zero attached hydrogens (tertiary/aromatic N) is 4. The van der Waals surface area contributed by atoms with Gasteiger partial charge in [-0.15, -0.1) is 11.3 Å². The first kappa shape index (κ1) is 19.0. The van der Waals surface area contributed by atoms with Gasteiger partial charge in [0.25, 0.3) is 11.6 Å². The highest BCUT2D eigenvalue weighted by molar-refractivity contribution is 7.13. The van der Waals surface area contributed by atoms with Crippen molar-refractivity contribution in [2.75, 3.05) is 18.0 Å². The number of hydrogen-bond donors (Lipinski definition) is 1. The fraction of sp³-hybridized carbons (Fsp3) is 0.250. The van der Waals surface area contributed by atoms with Crippen LogP contribution >= 0.6 is 11.3 Å². The Morgan fingerprint density at radius 1 is 1.28 bits per heavy atom. The molecule has 0 atom stereocenters. The fourth-order valence-electron chi connectivity index (χ4n) is 3.32. The second-order valence-electron chi connectivity index (χ2n) is 6.72. The zero-order valence-electron chi connectivity index (χ0n) is 15.6. The second-order valence-corrected chi connectivity index (χ2v) is 7.58. The quantitative estimate of drug-likeness (QED) is 0.493. The van der Waals surface area contributed by atoms with Crippen molar-refractivity contribution >= 4 is 28.6 Å². The van der Waals surface area contributed by atoms with Gasteiger partial charge >= 0.3 is 0 Å². The second kappa shape index (κ2) is 8.36. The Labute approximate surface area is 171 Å². The van der Waals surface area contributed by atoms with E-state index < -0.39 is 4.92 Å². The Morgan fingerprint density at radius 2 is 2.10 bits per heavy atom. The average molecular weight is 409 g/mol. The number of nitrogens with one attached hydrogen (secondary N) is 1. The van der Waals surface area contributed by atoms with Crippen LogP contribution in [0.25, 0.3) is 10.6 Å². The van der Waals surface area contributed by atoms with Gasteiger partial charge in [0.1, 0.15) is 10.7 Å². The lowest BCUT2D eigenvalue weighted by molar-refractivity contribution is -0.384. The third-order valence-electron chi connectivity index (χ3n) is 4.77. The Balaban J connectivity index is 1.45. The molecule has 0 aliphatic carbocycles. The lowest BCUT2D eigenvalue weighted by atomic mass is 10.1. The van der Waals surface area contributed by atoms with E-state index in [-0.39, 0.29) is 23.7 Å². The van der Waals surface area contributed by atoms with Crippen LogP contribution in [0.5, 0.6) is 0 Å². The van der Waals surface area contributed by atoms with Gasteiger partial charge in [-0.25, -0.2) is 4.98 Å². The van der Waals surface area contributed by atoms with Crippen molar-refractivity contribution in [2.45, 2.75) is 19.4 Å². The maximum absolute atomic E-state index is 12.5. The van der Waals surface area contributed by atoms with E-state index >= 15 is 0 Å². The molecule has 1 N–H and O–H groups in total. The molecule has 1 fully saturated rings. The lowest BCUT2D eigenvalue weighted by Crippen LogP contribution is -2.24. The molecule has 0 saturated carbocycles. The molecular formula is C20H19N5O3S. The maximum Gasteiger partial charge on any atom is 0.293 e. The van der Waals surface area contributed by atoms with Crippen LogP contribution in [0.1, 0.15) is 28.9 Å². The highest BCUT2D eigenvalue weighted by Gasteiger charge is 2.23. The number of benzene rings is 1. The molecule has 3 heterocycles. The molecule has 8 nitrogen and oxygen atoms in total. The van der Waals surface area contributed by atoms with Gasteiger partial charge in [0.05, 0.1) is 17.2 Å². The maximum atomic E-state index is 12.5. The minimum atomic E-state index is -0.426. The first-order chi connectivity index (χ1) is 14.1. The number of rotatable bonds is 6. The number of thiazole rings is 1. The monoisotopic (exact) mass is 409 g/mol. The van der Waals surface area contributed by atoms with Crippen molar-refractivity contribution in [3.63, 3.8) is 0 Å². The number of hydrogen-bond acceptors (Lipinski definition) is 7. The van der Waals surface area contributed by atoms with Crippen molar-refractivity contribution in [1.82, 2.24) is 15.3 Å². The molecule has 4 rings (SSSR count). The van der Waals surface area contributed by atoms with Gasteiger partial charge in [-0.3, -0.25) is 19.9 Å². The predicted octanol–water partition coefficient (Wildman–Crippen LogP) is 3.64. The van der Waals surface area contributed by atoms with E-state index in [4.69, 9.17) is 0 Å². The largest absolute Gasteiger partial charge is 0.366 e. The predicted molar refractivity (Wildman–Crippen MR) is 111 cm³/mol. The highest BCUT2D eigenvalue weighted by Crippen LogP contribution is 2.31. The summed E-state index contributed by atoms with van der Waals surface area (Å²) in [5, 5.41) is 17.0. The number of nitro groups is 1. The molecule has 0 spiro atoms. The Hall–Kier alpha value is -3.33. The van der Waals surface area contributed by atoms with E-state index in [9.17, 15) is 14.9 Å². The van der Waals surface area contributed by atoms with Crippen LogP contribution in [0.4, 0.5) is 11.4 Å². The number of carbonyl (C=O) groups is 1. The lowest BCUT2D eigenvalue weighted by Gasteiger charge is -2.17. The van der Waals surface area contributed by atoms with E-state index in [1.54, 1.807) is 24.5 Å². The summed E-state index contributed by atoms with van der Waals surface area (Å²) in [6.45, 7) is 1.85. The molecule has 1 aliphatic rings. The Morgan fingerprint density at radius 3 is 2.83 bits per heavy atom. The molecule has 0 unspecified atom stereocenters. The molecule has 0 bridgehead atoms. The van der Waals surface area contributed by atoms with Gasteiger partial charge in [0, 0.05) is 48.1 Å². The van der Waals surface area contributed by atoms with Gasteiger partial charge in [-0.05, 0) is 37.1 Å². The molecule has 3 aromatic rings. The van der Waals surface area contributed by atoms with Crippen molar-refractivity contribution in [3.8, 4) is 10.6 Å². The van der Waals surface area contributed by atoms with Gasteiger partial charge < -0.3 is 10.2 Å². The minimum absolute atomic E-state index is 0.0351. The van der Waals surface area contributed by atoms with Crippen LogP contribution in [0.15, 0.2) is 48.1 Å². The number of nitro benzene ring substituents is 1. The van der Waals surface area contributed by atoms with Gasteiger partial charge in [-0.1, -0.05) is 0 Å². The number of carbonyl (C=O) groups excluding carboxylic acids is 1. The first-order valence-corrected chi connectivity index (χ1v) is 10.2. The number of aromatic nitrogens is 2. The molecule has 1 amide bonds. The van der Waals surface area contributed by atoms with Crippen molar-refractivity contribution < 1.29 is 9.72 Å². The Kier molecular flexibility index (Phi) is 5.48. The fourth-order valence-corrected chi connectivity index (χ4v) is 4.13. The number of pyridine rings is 1. The summed E-state index contributed by atoms with van der Waals surface area (Å²) in [5.41, 5.74) is 2.45. The van der Waals surface area contributed by atoms with Crippen LogP contribution in [-0.4, -0.2) is 33.9 Å². The summed E-state index contributed by atoms with van der Waals surface area (Å²) in [6, 6.07) is 8.43. The summed E-state index contributed by atoms with van der Waals surface area (Å²) < 4.78 is 0. The number of anilines is 1. The molecule has 2 aromatic heterocycles. The van der Waals surface area contributed by atoms with E-state index in [0.717, 1.165) is 42.2 Å². The normalized spacial score (nSPS) is 13.4. The van der Waals surface area contributed by atoms with Crippen LogP contribution < -0.4 is 10.2 Å². The highest BCUT2D eigenvalue weighted by atomic mass is 32.1. The van der Waals surface area contributed by atoms with Crippen LogP contribution in [-0.2, 0) is 6.54 Å². The van der Waals surface area contributed by atoms with E-state index in [0.29, 0.717) is 5.69 Å². The molecule has 0 radical (unpaired) electrons. The Bertz CT molecular complexity index is 1030. The molecule has 1 aromatic carbocycles. The van der Waals surface area contributed by atoms with Crippen molar-refractivity contribution in [2.24, 2.45) is 0 Å². The summed E-state index contributed by atoms with van der Waals surface area (Å²) in [4.78, 5) is 34.2. The summed E-state index contributed by atoms with van der Waals surface area (Å²) >= 11 is 1.48. The van der Waals surface area contributed by atoms with E-state index in [1.807, 2.05) is 22.4 Å².